The first-order valence-electron chi connectivity index (χ1n) is 6.53. The maximum atomic E-state index is 12.7. The molecule has 2 aromatic carbocycles. The number of nitrogen functional groups attached to an aromatic ring is 1. The van der Waals surface area contributed by atoms with E-state index < -0.39 is 11.7 Å². The summed E-state index contributed by atoms with van der Waals surface area (Å²) in [5.41, 5.74) is 8.07. The number of hydrogen-bond acceptors (Lipinski definition) is 2. The van der Waals surface area contributed by atoms with Crippen LogP contribution in [-0.2, 0) is 6.18 Å². The first kappa shape index (κ1) is 14.2. The molecule has 3 aromatic rings. The minimum absolute atomic E-state index is 0.234. The van der Waals surface area contributed by atoms with Crippen molar-refractivity contribution in [1.29, 1.82) is 0 Å². The van der Waals surface area contributed by atoms with E-state index in [2.05, 4.69) is 17.1 Å². The van der Waals surface area contributed by atoms with Crippen molar-refractivity contribution in [3.63, 3.8) is 0 Å². The number of benzene rings is 1. The van der Waals surface area contributed by atoms with Crippen molar-refractivity contribution in [3.8, 4) is 11.3 Å². The van der Waals surface area contributed by atoms with Crippen LogP contribution >= 0.6 is 0 Å². The fourth-order valence-electron chi connectivity index (χ4n) is 2.15. The van der Waals surface area contributed by atoms with Gasteiger partial charge in [0.05, 0.1) is 16.6 Å². The van der Waals surface area contributed by atoms with Crippen molar-refractivity contribution < 1.29 is 13.2 Å². The molecule has 0 saturated heterocycles. The van der Waals surface area contributed by atoms with Gasteiger partial charge < -0.3 is 5.73 Å². The van der Waals surface area contributed by atoms with Crippen LogP contribution in [0.4, 0.5) is 18.9 Å². The van der Waals surface area contributed by atoms with Crippen LogP contribution in [0.5, 0.6) is 0 Å². The fraction of sp³-hybridized carbons (Fsp3) is 0.118. The van der Waals surface area contributed by atoms with Crippen LogP contribution in [0.3, 0.4) is 0 Å². The summed E-state index contributed by atoms with van der Waals surface area (Å²) in [6.07, 6.45) is -4.46. The second kappa shape index (κ2) is 4.92. The summed E-state index contributed by atoms with van der Waals surface area (Å²) in [6.45, 7) is 1.87. The maximum Gasteiger partial charge on any atom is 0.424 e. The van der Waals surface area contributed by atoms with Gasteiger partial charge in [0.2, 0.25) is 0 Å². The minimum atomic E-state index is -4.46. The Bertz CT molecular complexity index is 854. The van der Waals surface area contributed by atoms with Gasteiger partial charge in [-0.1, -0.05) is 18.2 Å². The van der Waals surface area contributed by atoms with Gasteiger partial charge in [-0.25, -0.2) is 4.98 Å². The number of hydrogen-bond donors (Lipinski definition) is 1. The van der Waals surface area contributed by atoms with Crippen molar-refractivity contribution in [2.75, 3.05) is 5.73 Å². The number of pyridine rings is 1. The van der Waals surface area contributed by atoms with Gasteiger partial charge in [0, 0.05) is 11.3 Å². The second-order valence-electron chi connectivity index (χ2n) is 5.01. The molecule has 0 bridgehead atoms. The van der Waals surface area contributed by atoms with Crippen LogP contribution in [0.2, 0.25) is 0 Å². The second-order valence-corrected chi connectivity index (χ2v) is 5.01. The van der Waals surface area contributed by atoms with Crippen molar-refractivity contribution in [1.82, 2.24) is 4.98 Å². The molecule has 0 amide bonds. The van der Waals surface area contributed by atoms with E-state index in [0.29, 0.717) is 16.8 Å². The van der Waals surface area contributed by atoms with Crippen molar-refractivity contribution in [3.05, 3.63) is 59.7 Å². The molecular formula is C17H11F3N2. The molecule has 0 radical (unpaired) electrons. The molecule has 0 atom stereocenters. The molecule has 0 unspecified atom stereocenters. The fourth-order valence-corrected chi connectivity index (χ4v) is 2.15. The summed E-state index contributed by atoms with van der Waals surface area (Å²) in [5.74, 6) is 0. The van der Waals surface area contributed by atoms with Crippen molar-refractivity contribution >= 4 is 16.6 Å². The van der Waals surface area contributed by atoms with Gasteiger partial charge in [0.1, 0.15) is 5.56 Å². The third-order valence-electron chi connectivity index (χ3n) is 3.41. The lowest BCUT2D eigenvalue weighted by molar-refractivity contribution is -0.137. The Morgan fingerprint density at radius 2 is 1.82 bits per heavy atom. The zero-order chi connectivity index (χ0) is 15.9. The highest BCUT2D eigenvalue weighted by molar-refractivity contribution is 5.81. The van der Waals surface area contributed by atoms with E-state index in [0.717, 1.165) is 17.2 Å². The molecule has 1 heterocycles. The molecule has 22 heavy (non-hydrogen) atoms. The Balaban J connectivity index is 2.13. The van der Waals surface area contributed by atoms with Crippen LogP contribution in [-0.4, -0.2) is 4.98 Å². The Morgan fingerprint density at radius 3 is 2.50 bits per heavy atom. The van der Waals surface area contributed by atoms with Gasteiger partial charge in [0.15, 0.2) is 0 Å². The van der Waals surface area contributed by atoms with Gasteiger partial charge in [-0.2, -0.15) is 13.2 Å². The molecule has 0 aliphatic carbocycles. The number of anilines is 1. The lowest BCUT2D eigenvalue weighted by Gasteiger charge is -2.07. The van der Waals surface area contributed by atoms with E-state index in [4.69, 9.17) is 5.73 Å². The summed E-state index contributed by atoms with van der Waals surface area (Å²) in [7, 11) is 0. The van der Waals surface area contributed by atoms with Gasteiger partial charge in [-0.05, 0) is 42.8 Å². The maximum absolute atomic E-state index is 12.7. The number of fused-ring (bicyclic) bond motifs is 1. The Labute approximate surface area is 125 Å². The molecule has 0 saturated carbocycles. The number of halogens is 3. The third kappa shape index (κ3) is 2.56. The summed E-state index contributed by atoms with van der Waals surface area (Å²) < 4.78 is 38.2. The lowest BCUT2D eigenvalue weighted by atomic mass is 10.1. The molecule has 0 aliphatic heterocycles. The number of nitrogens with zero attached hydrogens (tertiary/aromatic N) is 1. The number of alkyl halides is 3. The van der Waals surface area contributed by atoms with Crippen LogP contribution < -0.4 is 5.73 Å². The van der Waals surface area contributed by atoms with Crippen LogP contribution in [0.25, 0.3) is 22.2 Å². The van der Waals surface area contributed by atoms with E-state index in [9.17, 15) is 13.2 Å². The molecule has 1 aromatic heterocycles. The summed E-state index contributed by atoms with van der Waals surface area (Å²) in [4.78, 5) is 4.30. The number of rotatable bonds is 1. The van der Waals surface area contributed by atoms with E-state index in [1.54, 1.807) is 24.3 Å². The standard InChI is InChI=1S/C17H11F3N2/c1-10-8-12(3-6-14(10)21)15-7-4-11-2-5-13(17(18,19)20)9-16(11)22-15/h3-4,6-9H,21H2,1H3. The van der Waals surface area contributed by atoms with Crippen LogP contribution in [0.15, 0.2) is 36.4 Å². The van der Waals surface area contributed by atoms with E-state index >= 15 is 0 Å². The van der Waals surface area contributed by atoms with Crippen LogP contribution in [0, 0.1) is 19.1 Å². The molecule has 0 fully saturated rings. The minimum Gasteiger partial charge on any atom is -0.399 e. The predicted molar refractivity (Wildman–Crippen MR) is 79.0 cm³/mol. The highest BCUT2D eigenvalue weighted by atomic mass is 19.4. The molecule has 0 aliphatic rings. The first-order valence-corrected chi connectivity index (χ1v) is 6.53. The van der Waals surface area contributed by atoms with E-state index in [1.807, 2.05) is 13.0 Å². The molecule has 2 N–H and O–H groups in total. The third-order valence-corrected chi connectivity index (χ3v) is 3.41. The molecular weight excluding hydrogens is 289 g/mol. The zero-order valence-electron chi connectivity index (χ0n) is 11.6. The monoisotopic (exact) mass is 300 g/mol. The molecule has 0 spiro atoms. The number of aromatic nitrogens is 1. The molecule has 2 nitrogen and oxygen atoms in total. The first-order chi connectivity index (χ1) is 10.3. The largest absolute Gasteiger partial charge is 0.424 e. The number of aryl methyl sites for hydroxylation is 1. The summed E-state index contributed by atoms with van der Waals surface area (Å²) >= 11 is 0. The molecule has 5 heteroatoms. The predicted octanol–water partition coefficient (Wildman–Crippen LogP) is 4.41. The Kier molecular flexibility index (Phi) is 3.18. The summed E-state index contributed by atoms with van der Waals surface area (Å²) in [5, 5.41) is 0.490. The average molecular weight is 300 g/mol. The summed E-state index contributed by atoms with van der Waals surface area (Å²) in [6, 6.07) is 14.4. The zero-order valence-corrected chi connectivity index (χ0v) is 11.6. The van der Waals surface area contributed by atoms with E-state index in [1.165, 1.54) is 0 Å². The van der Waals surface area contributed by atoms with Gasteiger partial charge in [0.25, 0.3) is 0 Å². The van der Waals surface area contributed by atoms with Gasteiger partial charge in [-0.15, -0.1) is 0 Å². The van der Waals surface area contributed by atoms with Crippen molar-refractivity contribution in [2.24, 2.45) is 0 Å². The van der Waals surface area contributed by atoms with E-state index in [-0.39, 0.29) is 5.52 Å². The normalized spacial score (nSPS) is 11.5. The Hall–Kier alpha value is -2.74. The Morgan fingerprint density at radius 1 is 1.05 bits per heavy atom. The SMILES string of the molecule is Cc1cc(-c2ccc3c#cc(C(F)(F)F)cc3n2)ccc1N. The van der Waals surface area contributed by atoms with Gasteiger partial charge >= 0.3 is 6.18 Å². The quantitative estimate of drug-likeness (QED) is 0.676. The topological polar surface area (TPSA) is 38.9 Å². The van der Waals surface area contributed by atoms with Crippen LogP contribution in [0.1, 0.15) is 11.1 Å². The highest BCUT2D eigenvalue weighted by Gasteiger charge is 2.31. The average Bonchev–Trinajstić information content (AvgIpc) is 2.48. The lowest BCUT2D eigenvalue weighted by Crippen LogP contribution is -2.03. The highest BCUT2D eigenvalue weighted by Crippen LogP contribution is 2.30. The molecule has 3 rings (SSSR count). The smallest absolute Gasteiger partial charge is 0.399 e. The van der Waals surface area contributed by atoms with Gasteiger partial charge in [-0.3, -0.25) is 0 Å². The van der Waals surface area contributed by atoms with Crippen molar-refractivity contribution in [2.45, 2.75) is 13.1 Å². The molecule has 110 valence electrons. The number of nitrogens with two attached hydrogens (primary N) is 1.